The molecule has 2 aromatic carbocycles. The number of amides is 2. The lowest BCUT2D eigenvalue weighted by molar-refractivity contribution is -0.136. The van der Waals surface area contributed by atoms with E-state index in [1.807, 2.05) is 19.9 Å². The number of carbonyl (C=O) groups excluding carboxylic acids is 3. The number of ether oxygens (including phenoxy) is 1. The van der Waals surface area contributed by atoms with Gasteiger partial charge in [-0.2, -0.15) is 5.10 Å². The summed E-state index contributed by atoms with van der Waals surface area (Å²) in [5.41, 5.74) is 5.71. The summed E-state index contributed by atoms with van der Waals surface area (Å²) < 4.78 is 4.60. The van der Waals surface area contributed by atoms with Crippen LogP contribution in [0.2, 0.25) is 0 Å². The lowest BCUT2D eigenvalue weighted by Gasteiger charge is -2.06. The van der Waals surface area contributed by atoms with Gasteiger partial charge in [-0.25, -0.2) is 10.2 Å². The Labute approximate surface area is 151 Å². The van der Waals surface area contributed by atoms with Crippen LogP contribution in [0.15, 0.2) is 47.6 Å². The second kappa shape index (κ2) is 8.57. The van der Waals surface area contributed by atoms with Gasteiger partial charge in [-0.15, -0.1) is 0 Å². The van der Waals surface area contributed by atoms with Crippen molar-refractivity contribution >= 4 is 29.7 Å². The van der Waals surface area contributed by atoms with Gasteiger partial charge in [0.1, 0.15) is 0 Å². The smallest absolute Gasteiger partial charge is 0.337 e. The maximum atomic E-state index is 11.9. The van der Waals surface area contributed by atoms with Gasteiger partial charge < -0.3 is 10.1 Å². The van der Waals surface area contributed by atoms with Gasteiger partial charge in [-0.1, -0.05) is 18.2 Å². The number of esters is 1. The van der Waals surface area contributed by atoms with Gasteiger partial charge >= 0.3 is 17.8 Å². The molecule has 0 bridgehead atoms. The van der Waals surface area contributed by atoms with E-state index in [1.165, 1.54) is 13.3 Å². The minimum atomic E-state index is -0.883. The SMILES string of the molecule is COC(=O)c1ccc(/C=N\NC(=O)C(=O)Nc2cc(C)cc(C)c2)cc1. The third-order valence-electron chi connectivity index (χ3n) is 3.40. The Kier molecular flexibility index (Phi) is 6.21. The average molecular weight is 353 g/mol. The fraction of sp³-hybridized carbons (Fsp3) is 0.158. The van der Waals surface area contributed by atoms with Crippen molar-refractivity contribution in [2.75, 3.05) is 12.4 Å². The van der Waals surface area contributed by atoms with Crippen LogP contribution in [0, 0.1) is 13.8 Å². The molecule has 0 fully saturated rings. The summed E-state index contributed by atoms with van der Waals surface area (Å²) in [6.07, 6.45) is 1.36. The molecule has 26 heavy (non-hydrogen) atoms. The van der Waals surface area contributed by atoms with Crippen molar-refractivity contribution in [1.29, 1.82) is 0 Å². The molecule has 2 rings (SSSR count). The van der Waals surface area contributed by atoms with Gasteiger partial charge in [-0.3, -0.25) is 9.59 Å². The molecule has 2 aromatic rings. The van der Waals surface area contributed by atoms with E-state index in [0.29, 0.717) is 16.8 Å². The van der Waals surface area contributed by atoms with Gasteiger partial charge in [-0.05, 0) is 54.8 Å². The number of carbonyl (C=O) groups is 3. The van der Waals surface area contributed by atoms with Crippen LogP contribution in [-0.2, 0) is 14.3 Å². The lowest BCUT2D eigenvalue weighted by Crippen LogP contribution is -2.32. The van der Waals surface area contributed by atoms with Crippen molar-refractivity contribution in [2.45, 2.75) is 13.8 Å². The molecule has 0 radical (unpaired) electrons. The molecule has 0 aromatic heterocycles. The number of nitrogens with zero attached hydrogens (tertiary/aromatic N) is 1. The number of hydrazone groups is 1. The molecular formula is C19H19N3O4. The topological polar surface area (TPSA) is 96.9 Å². The Bertz CT molecular complexity index is 837. The van der Waals surface area contributed by atoms with E-state index in [-0.39, 0.29) is 0 Å². The van der Waals surface area contributed by atoms with Crippen molar-refractivity contribution in [1.82, 2.24) is 5.43 Å². The van der Waals surface area contributed by atoms with Crippen molar-refractivity contribution in [3.8, 4) is 0 Å². The molecule has 2 N–H and O–H groups in total. The fourth-order valence-corrected chi connectivity index (χ4v) is 2.27. The zero-order valence-corrected chi connectivity index (χ0v) is 14.7. The molecule has 0 saturated heterocycles. The fourth-order valence-electron chi connectivity index (χ4n) is 2.27. The highest BCUT2D eigenvalue weighted by Gasteiger charge is 2.13. The molecule has 134 valence electrons. The molecule has 0 unspecified atom stereocenters. The van der Waals surface area contributed by atoms with Gasteiger partial charge in [0.25, 0.3) is 0 Å². The van der Waals surface area contributed by atoms with E-state index < -0.39 is 17.8 Å². The molecule has 0 saturated carbocycles. The maximum absolute atomic E-state index is 11.9. The van der Waals surface area contributed by atoms with Crippen LogP contribution in [0.1, 0.15) is 27.0 Å². The molecular weight excluding hydrogens is 334 g/mol. The largest absolute Gasteiger partial charge is 0.465 e. The predicted octanol–water partition coefficient (Wildman–Crippen LogP) is 2.18. The van der Waals surface area contributed by atoms with E-state index in [1.54, 1.807) is 36.4 Å². The molecule has 0 aliphatic heterocycles. The second-order valence-electron chi connectivity index (χ2n) is 5.64. The Morgan fingerprint density at radius 2 is 1.58 bits per heavy atom. The number of hydrogen-bond acceptors (Lipinski definition) is 5. The van der Waals surface area contributed by atoms with E-state index >= 15 is 0 Å². The summed E-state index contributed by atoms with van der Waals surface area (Å²) in [6.45, 7) is 3.80. The van der Waals surface area contributed by atoms with Crippen LogP contribution in [0.5, 0.6) is 0 Å². The monoisotopic (exact) mass is 353 g/mol. The zero-order valence-electron chi connectivity index (χ0n) is 14.7. The van der Waals surface area contributed by atoms with Crippen LogP contribution >= 0.6 is 0 Å². The third kappa shape index (κ3) is 5.27. The number of anilines is 1. The van der Waals surface area contributed by atoms with Gasteiger partial charge in [0.05, 0.1) is 18.9 Å². The highest BCUT2D eigenvalue weighted by Crippen LogP contribution is 2.13. The van der Waals surface area contributed by atoms with E-state index in [4.69, 9.17) is 0 Å². The molecule has 0 spiro atoms. The molecule has 0 atom stereocenters. The Hall–Kier alpha value is -3.48. The Balaban J connectivity index is 1.91. The summed E-state index contributed by atoms with van der Waals surface area (Å²) in [6, 6.07) is 11.9. The summed E-state index contributed by atoms with van der Waals surface area (Å²) in [7, 11) is 1.30. The van der Waals surface area contributed by atoms with Crippen LogP contribution in [-0.4, -0.2) is 31.1 Å². The van der Waals surface area contributed by atoms with Gasteiger partial charge in [0, 0.05) is 5.69 Å². The normalized spacial score (nSPS) is 10.4. The molecule has 2 amide bonds. The number of hydrogen-bond donors (Lipinski definition) is 2. The predicted molar refractivity (Wildman–Crippen MR) is 98.1 cm³/mol. The minimum Gasteiger partial charge on any atom is -0.465 e. The average Bonchev–Trinajstić information content (AvgIpc) is 2.60. The van der Waals surface area contributed by atoms with Crippen molar-refractivity contribution in [2.24, 2.45) is 5.10 Å². The van der Waals surface area contributed by atoms with Crippen molar-refractivity contribution in [3.05, 3.63) is 64.7 Å². The van der Waals surface area contributed by atoms with Crippen molar-refractivity contribution in [3.63, 3.8) is 0 Å². The third-order valence-corrected chi connectivity index (χ3v) is 3.40. The Morgan fingerprint density at radius 1 is 0.962 bits per heavy atom. The van der Waals surface area contributed by atoms with Crippen LogP contribution < -0.4 is 10.7 Å². The maximum Gasteiger partial charge on any atom is 0.337 e. The lowest BCUT2D eigenvalue weighted by atomic mass is 10.1. The number of benzene rings is 2. The summed E-state index contributed by atoms with van der Waals surface area (Å²) in [4.78, 5) is 35.0. The highest BCUT2D eigenvalue weighted by molar-refractivity contribution is 6.39. The molecule has 7 nitrogen and oxygen atoms in total. The van der Waals surface area contributed by atoms with Crippen LogP contribution in [0.3, 0.4) is 0 Å². The van der Waals surface area contributed by atoms with E-state index in [0.717, 1.165) is 11.1 Å². The van der Waals surface area contributed by atoms with Gasteiger partial charge in [0.15, 0.2) is 0 Å². The molecule has 0 aliphatic rings. The summed E-state index contributed by atoms with van der Waals surface area (Å²) >= 11 is 0. The summed E-state index contributed by atoms with van der Waals surface area (Å²) in [5.74, 6) is -2.13. The zero-order chi connectivity index (χ0) is 19.1. The standard InChI is InChI=1S/C19H19N3O4/c1-12-8-13(2)10-16(9-12)21-17(23)18(24)22-20-11-14-4-6-15(7-5-14)19(25)26-3/h4-11H,1-3H3,(H,21,23)(H,22,24)/b20-11-. The number of rotatable bonds is 4. The van der Waals surface area contributed by atoms with Crippen molar-refractivity contribution < 1.29 is 19.1 Å². The first-order chi connectivity index (χ1) is 12.4. The first-order valence-corrected chi connectivity index (χ1v) is 7.80. The minimum absolute atomic E-state index is 0.404. The second-order valence-corrected chi connectivity index (χ2v) is 5.64. The molecule has 7 heteroatoms. The van der Waals surface area contributed by atoms with Crippen LogP contribution in [0.25, 0.3) is 0 Å². The summed E-state index contributed by atoms with van der Waals surface area (Å²) in [5, 5.41) is 6.25. The van der Waals surface area contributed by atoms with E-state index in [2.05, 4.69) is 20.6 Å². The van der Waals surface area contributed by atoms with Crippen LogP contribution in [0.4, 0.5) is 5.69 Å². The number of aryl methyl sites for hydroxylation is 2. The molecule has 0 heterocycles. The number of nitrogens with one attached hydrogen (secondary N) is 2. The highest BCUT2D eigenvalue weighted by atomic mass is 16.5. The first-order valence-electron chi connectivity index (χ1n) is 7.80. The quantitative estimate of drug-likeness (QED) is 0.381. The Morgan fingerprint density at radius 3 is 2.15 bits per heavy atom. The number of methoxy groups -OCH3 is 1. The van der Waals surface area contributed by atoms with Gasteiger partial charge in [0.2, 0.25) is 0 Å². The van der Waals surface area contributed by atoms with E-state index in [9.17, 15) is 14.4 Å². The first kappa shape index (κ1) is 18.9. The molecule has 0 aliphatic carbocycles.